The van der Waals surface area contributed by atoms with E-state index >= 15 is 0 Å². The number of hydrogen-bond acceptors (Lipinski definition) is 5. The van der Waals surface area contributed by atoms with Gasteiger partial charge >= 0.3 is 0 Å². The SMILES string of the molecule is Cc1ccc(N2NC(=O)C(=Cc3ccc(-c4ccc(Cl)c(C(=O)[O-])c4)o3)C2=O)cc1. The third kappa shape index (κ3) is 3.58. The van der Waals surface area contributed by atoms with Crippen molar-refractivity contribution in [2.24, 2.45) is 0 Å². The zero-order chi connectivity index (χ0) is 21.4. The number of hydrazine groups is 1. The number of carboxylic acid groups (broad SMARTS) is 1. The van der Waals surface area contributed by atoms with Crippen molar-refractivity contribution in [3.8, 4) is 11.3 Å². The molecule has 1 aromatic heterocycles. The highest BCUT2D eigenvalue weighted by Gasteiger charge is 2.34. The van der Waals surface area contributed by atoms with Gasteiger partial charge in [-0.1, -0.05) is 29.3 Å². The Morgan fingerprint density at radius 1 is 1.10 bits per heavy atom. The summed E-state index contributed by atoms with van der Waals surface area (Å²) in [6.07, 6.45) is 1.34. The molecule has 2 heterocycles. The molecule has 4 rings (SSSR count). The number of amides is 2. The lowest BCUT2D eigenvalue weighted by Crippen LogP contribution is -2.35. The van der Waals surface area contributed by atoms with E-state index in [9.17, 15) is 19.5 Å². The van der Waals surface area contributed by atoms with E-state index in [1.165, 1.54) is 23.2 Å². The number of furan rings is 1. The number of aromatic carboxylic acids is 1. The summed E-state index contributed by atoms with van der Waals surface area (Å²) in [6.45, 7) is 1.92. The molecule has 0 saturated carbocycles. The molecule has 0 unspecified atom stereocenters. The first-order valence-corrected chi connectivity index (χ1v) is 9.26. The number of nitrogens with one attached hydrogen (secondary N) is 1. The number of benzene rings is 2. The van der Waals surface area contributed by atoms with E-state index in [4.69, 9.17) is 16.0 Å². The molecule has 0 bridgehead atoms. The first kappa shape index (κ1) is 19.5. The highest BCUT2D eigenvalue weighted by atomic mass is 35.5. The summed E-state index contributed by atoms with van der Waals surface area (Å²) >= 11 is 5.85. The van der Waals surface area contributed by atoms with Gasteiger partial charge in [0.05, 0.1) is 11.7 Å². The molecule has 2 amide bonds. The number of nitrogens with zero attached hydrogens (tertiary/aromatic N) is 1. The maximum absolute atomic E-state index is 12.7. The van der Waals surface area contributed by atoms with Gasteiger partial charge in [0, 0.05) is 16.1 Å². The first-order valence-electron chi connectivity index (χ1n) is 8.88. The van der Waals surface area contributed by atoms with Crippen LogP contribution in [0.25, 0.3) is 17.4 Å². The van der Waals surface area contributed by atoms with Crippen LogP contribution in [-0.2, 0) is 9.59 Å². The van der Waals surface area contributed by atoms with Gasteiger partial charge in [-0.05, 0) is 55.5 Å². The maximum atomic E-state index is 12.7. The molecular formula is C22H14ClN2O5-. The van der Waals surface area contributed by atoms with Crippen molar-refractivity contribution in [1.82, 2.24) is 5.43 Å². The van der Waals surface area contributed by atoms with E-state index < -0.39 is 17.8 Å². The topological polar surface area (TPSA) is 103 Å². The summed E-state index contributed by atoms with van der Waals surface area (Å²) in [6, 6.07) is 14.7. The van der Waals surface area contributed by atoms with Gasteiger partial charge in [-0.25, -0.2) is 5.01 Å². The molecule has 150 valence electrons. The van der Waals surface area contributed by atoms with Crippen molar-refractivity contribution in [2.45, 2.75) is 6.92 Å². The second-order valence-corrected chi connectivity index (χ2v) is 7.07. The van der Waals surface area contributed by atoms with E-state index in [1.54, 1.807) is 30.3 Å². The molecule has 3 aromatic rings. The van der Waals surface area contributed by atoms with Crippen molar-refractivity contribution in [1.29, 1.82) is 0 Å². The van der Waals surface area contributed by atoms with E-state index in [0.717, 1.165) is 5.56 Å². The summed E-state index contributed by atoms with van der Waals surface area (Å²) in [5, 5.41) is 12.4. The number of rotatable bonds is 4. The summed E-state index contributed by atoms with van der Waals surface area (Å²) in [4.78, 5) is 36.1. The van der Waals surface area contributed by atoms with Crippen molar-refractivity contribution in [3.63, 3.8) is 0 Å². The van der Waals surface area contributed by atoms with Crippen LogP contribution in [-0.4, -0.2) is 17.8 Å². The Bertz CT molecular complexity index is 1210. The molecule has 1 saturated heterocycles. The van der Waals surface area contributed by atoms with Gasteiger partial charge in [-0.2, -0.15) is 0 Å². The molecule has 2 aromatic carbocycles. The minimum atomic E-state index is -1.40. The van der Waals surface area contributed by atoms with E-state index in [1.807, 2.05) is 19.1 Å². The predicted octanol–water partition coefficient (Wildman–Crippen LogP) is 2.73. The largest absolute Gasteiger partial charge is 0.545 e. The van der Waals surface area contributed by atoms with E-state index in [0.29, 0.717) is 17.0 Å². The molecule has 0 aliphatic carbocycles. The predicted molar refractivity (Wildman–Crippen MR) is 108 cm³/mol. The van der Waals surface area contributed by atoms with Crippen LogP contribution in [0.1, 0.15) is 21.7 Å². The smallest absolute Gasteiger partial charge is 0.282 e. The summed E-state index contributed by atoms with van der Waals surface area (Å²) < 4.78 is 5.68. The van der Waals surface area contributed by atoms with Crippen LogP contribution in [0.5, 0.6) is 0 Å². The lowest BCUT2D eigenvalue weighted by molar-refractivity contribution is -0.255. The zero-order valence-corrected chi connectivity index (χ0v) is 16.4. The lowest BCUT2D eigenvalue weighted by atomic mass is 10.1. The highest BCUT2D eigenvalue weighted by Crippen LogP contribution is 2.28. The standard InChI is InChI=1S/C22H15ClN2O5/c1-12-2-5-14(6-3-12)25-21(27)17(20(26)24-25)11-15-7-9-19(30-15)13-4-8-18(23)16(10-13)22(28)29/h2-11H,1H3,(H,24,26)(H,28,29)/p-1. The molecule has 7 nitrogen and oxygen atoms in total. The van der Waals surface area contributed by atoms with Gasteiger partial charge in [0.25, 0.3) is 11.8 Å². The highest BCUT2D eigenvalue weighted by molar-refractivity contribution is 6.33. The molecule has 8 heteroatoms. The van der Waals surface area contributed by atoms with Crippen molar-refractivity contribution < 1.29 is 23.9 Å². The van der Waals surface area contributed by atoms with Crippen molar-refractivity contribution in [3.05, 3.63) is 82.1 Å². The Kier molecular flexibility index (Phi) is 4.89. The lowest BCUT2D eigenvalue weighted by Gasteiger charge is -2.14. The van der Waals surface area contributed by atoms with E-state index in [-0.39, 0.29) is 21.9 Å². The molecular weight excluding hydrogens is 408 g/mol. The number of carboxylic acids is 1. The molecule has 1 aliphatic rings. The van der Waals surface area contributed by atoms with Crippen molar-refractivity contribution >= 4 is 41.1 Å². The second-order valence-electron chi connectivity index (χ2n) is 6.66. The molecule has 0 atom stereocenters. The van der Waals surface area contributed by atoms with Crippen LogP contribution < -0.4 is 15.5 Å². The van der Waals surface area contributed by atoms with Crippen LogP contribution in [0.3, 0.4) is 0 Å². The molecule has 30 heavy (non-hydrogen) atoms. The van der Waals surface area contributed by atoms with Crippen LogP contribution in [0.15, 0.2) is 64.6 Å². The van der Waals surface area contributed by atoms with Crippen LogP contribution >= 0.6 is 11.6 Å². The monoisotopic (exact) mass is 421 g/mol. The minimum Gasteiger partial charge on any atom is -0.545 e. The van der Waals surface area contributed by atoms with Gasteiger partial charge in [0.15, 0.2) is 0 Å². The Morgan fingerprint density at radius 3 is 2.53 bits per heavy atom. The Balaban J connectivity index is 1.62. The average Bonchev–Trinajstić information content (AvgIpc) is 3.29. The number of aryl methyl sites for hydroxylation is 1. The third-order valence-electron chi connectivity index (χ3n) is 4.57. The quantitative estimate of drug-likeness (QED) is 0.515. The minimum absolute atomic E-state index is 0.0528. The number of anilines is 1. The fourth-order valence-corrected chi connectivity index (χ4v) is 3.19. The number of halogens is 1. The second kappa shape index (κ2) is 7.53. The molecule has 1 N–H and O–H groups in total. The van der Waals surface area contributed by atoms with Crippen LogP contribution in [0.4, 0.5) is 5.69 Å². The fraction of sp³-hybridized carbons (Fsp3) is 0.0455. The van der Waals surface area contributed by atoms with E-state index in [2.05, 4.69) is 5.43 Å². The number of carbonyl (C=O) groups is 3. The summed E-state index contributed by atoms with van der Waals surface area (Å²) in [5.74, 6) is -1.85. The van der Waals surface area contributed by atoms with Crippen LogP contribution in [0.2, 0.25) is 5.02 Å². The normalized spacial score (nSPS) is 15.0. The fourth-order valence-electron chi connectivity index (χ4n) is 3.00. The summed E-state index contributed by atoms with van der Waals surface area (Å²) in [7, 11) is 0. The number of carbonyl (C=O) groups excluding carboxylic acids is 3. The number of hydrogen-bond donors (Lipinski definition) is 1. The van der Waals surface area contributed by atoms with Gasteiger partial charge in [-0.15, -0.1) is 0 Å². The Morgan fingerprint density at radius 2 is 1.83 bits per heavy atom. The average molecular weight is 422 g/mol. The third-order valence-corrected chi connectivity index (χ3v) is 4.90. The van der Waals surface area contributed by atoms with Gasteiger partial charge in [0.1, 0.15) is 17.1 Å². The maximum Gasteiger partial charge on any atom is 0.282 e. The van der Waals surface area contributed by atoms with Crippen molar-refractivity contribution in [2.75, 3.05) is 5.01 Å². The van der Waals surface area contributed by atoms with Gasteiger partial charge < -0.3 is 14.3 Å². The Labute approximate surface area is 176 Å². The molecule has 1 aliphatic heterocycles. The molecule has 1 fully saturated rings. The Hall–Kier alpha value is -3.84. The molecule has 0 radical (unpaired) electrons. The first-order chi connectivity index (χ1) is 14.3. The summed E-state index contributed by atoms with van der Waals surface area (Å²) in [5.41, 5.74) is 4.31. The molecule has 0 spiro atoms. The zero-order valence-electron chi connectivity index (χ0n) is 15.6. The van der Waals surface area contributed by atoms with Crippen LogP contribution in [0, 0.1) is 6.92 Å². The van der Waals surface area contributed by atoms with Gasteiger partial charge in [-0.3, -0.25) is 15.0 Å². The van der Waals surface area contributed by atoms with Gasteiger partial charge in [0.2, 0.25) is 0 Å².